The molecule has 0 saturated carbocycles. The van der Waals surface area contributed by atoms with E-state index in [4.69, 9.17) is 0 Å². The van der Waals surface area contributed by atoms with Crippen LogP contribution in [0.25, 0.3) is 0 Å². The third-order valence-electron chi connectivity index (χ3n) is 4.25. The fourth-order valence-electron chi connectivity index (χ4n) is 2.82. The molecule has 26 heavy (non-hydrogen) atoms. The van der Waals surface area contributed by atoms with Crippen LogP contribution in [0.4, 0.5) is 0 Å². The first-order valence-electron chi connectivity index (χ1n) is 8.54. The number of likely N-dealkylation sites (tertiary alicyclic amines) is 1. The summed E-state index contributed by atoms with van der Waals surface area (Å²) in [4.78, 5) is 14.6. The summed E-state index contributed by atoms with van der Waals surface area (Å²) in [7, 11) is -3.75. The zero-order valence-corrected chi connectivity index (χ0v) is 15.2. The summed E-state index contributed by atoms with van der Waals surface area (Å²) in [6.45, 7) is 3.51. The molecule has 0 spiro atoms. The van der Waals surface area contributed by atoms with Crippen LogP contribution in [0.1, 0.15) is 28.9 Å². The molecule has 1 saturated heterocycles. The van der Waals surface area contributed by atoms with Crippen LogP contribution in [0.3, 0.4) is 0 Å². The lowest BCUT2D eigenvalue weighted by Gasteiger charge is -2.14. The quantitative estimate of drug-likeness (QED) is 0.710. The van der Waals surface area contributed by atoms with Gasteiger partial charge in [-0.2, -0.15) is 0 Å². The van der Waals surface area contributed by atoms with Gasteiger partial charge in [-0.25, -0.2) is 13.1 Å². The third-order valence-corrected chi connectivity index (χ3v) is 5.65. The van der Waals surface area contributed by atoms with Crippen molar-refractivity contribution in [2.45, 2.75) is 24.3 Å². The van der Waals surface area contributed by atoms with Crippen LogP contribution in [-0.2, 0) is 16.6 Å². The Bertz CT molecular complexity index is 830. The highest BCUT2D eigenvalue weighted by molar-refractivity contribution is 7.89. The van der Waals surface area contributed by atoms with Crippen molar-refractivity contribution in [1.29, 1.82) is 0 Å². The molecule has 1 aromatic heterocycles. The van der Waals surface area contributed by atoms with Crippen LogP contribution in [-0.4, -0.2) is 50.6 Å². The largest absolute Gasteiger partial charge is 0.364 e. The van der Waals surface area contributed by atoms with E-state index in [0.717, 1.165) is 19.6 Å². The lowest BCUT2D eigenvalue weighted by atomic mass is 10.2. The molecule has 1 aromatic carbocycles. The number of benzene rings is 1. The number of nitrogens with zero attached hydrogens (tertiary/aromatic N) is 2. The van der Waals surface area contributed by atoms with E-state index in [0.29, 0.717) is 17.8 Å². The number of aromatic nitrogens is 1. The van der Waals surface area contributed by atoms with Crippen LogP contribution < -0.4 is 10.0 Å². The number of hydrogen-bond donors (Lipinski definition) is 2. The minimum absolute atomic E-state index is 0.0189. The van der Waals surface area contributed by atoms with Crippen molar-refractivity contribution >= 4 is 15.9 Å². The van der Waals surface area contributed by atoms with Crippen LogP contribution in [0.2, 0.25) is 0 Å². The molecule has 2 heterocycles. The fourth-order valence-corrected chi connectivity index (χ4v) is 3.87. The lowest BCUT2D eigenvalue weighted by Crippen LogP contribution is -2.33. The summed E-state index contributed by atoms with van der Waals surface area (Å²) in [6, 6.07) is 7.55. The molecule has 9 heteroatoms. The van der Waals surface area contributed by atoms with Gasteiger partial charge in [-0.3, -0.25) is 4.79 Å². The molecular weight excluding hydrogens is 356 g/mol. The molecule has 0 unspecified atom stereocenters. The van der Waals surface area contributed by atoms with E-state index in [1.54, 1.807) is 18.2 Å². The molecule has 0 radical (unpaired) electrons. The van der Waals surface area contributed by atoms with Gasteiger partial charge < -0.3 is 14.7 Å². The average molecular weight is 378 g/mol. The Morgan fingerprint density at radius 2 is 2.04 bits per heavy atom. The summed E-state index contributed by atoms with van der Waals surface area (Å²) >= 11 is 0. The van der Waals surface area contributed by atoms with Crippen molar-refractivity contribution in [1.82, 2.24) is 20.1 Å². The van der Waals surface area contributed by atoms with Gasteiger partial charge in [0.25, 0.3) is 5.91 Å². The van der Waals surface area contributed by atoms with E-state index in [2.05, 4.69) is 24.6 Å². The number of carbonyl (C=O) groups excluding carboxylic acids is 1. The molecule has 0 bridgehead atoms. The van der Waals surface area contributed by atoms with Crippen molar-refractivity contribution in [3.8, 4) is 0 Å². The molecule has 1 fully saturated rings. The van der Waals surface area contributed by atoms with Crippen molar-refractivity contribution in [2.75, 3.05) is 26.2 Å². The Kier molecular flexibility index (Phi) is 6.02. The first-order valence-corrected chi connectivity index (χ1v) is 10.0. The van der Waals surface area contributed by atoms with Gasteiger partial charge in [0.05, 0.1) is 17.1 Å². The molecule has 140 valence electrons. The molecule has 0 aliphatic carbocycles. The van der Waals surface area contributed by atoms with Gasteiger partial charge in [0.15, 0.2) is 0 Å². The maximum Gasteiger partial charge on any atom is 0.251 e. The van der Waals surface area contributed by atoms with Gasteiger partial charge >= 0.3 is 0 Å². The van der Waals surface area contributed by atoms with E-state index >= 15 is 0 Å². The maximum absolute atomic E-state index is 12.4. The van der Waals surface area contributed by atoms with Gasteiger partial charge in [-0.15, -0.1) is 0 Å². The minimum Gasteiger partial charge on any atom is -0.364 e. The summed E-state index contributed by atoms with van der Waals surface area (Å²) in [5, 5.41) is 6.50. The standard InChI is InChI=1S/C17H22N4O4S/c22-17(18-7-10-21-8-1-2-9-21)14-4-3-5-16(12-14)26(23,24)19-13-15-6-11-25-20-15/h3-6,11-12,19H,1-2,7-10,13H2,(H,18,22). The molecular formula is C17H22N4O4S. The highest BCUT2D eigenvalue weighted by atomic mass is 32.2. The predicted octanol–water partition coefficient (Wildman–Crippen LogP) is 0.979. The van der Waals surface area contributed by atoms with Gasteiger partial charge in [0.2, 0.25) is 10.0 Å². The smallest absolute Gasteiger partial charge is 0.251 e. The minimum atomic E-state index is -3.75. The Hall–Kier alpha value is -2.23. The zero-order chi connectivity index (χ0) is 18.4. The van der Waals surface area contributed by atoms with Crippen LogP contribution in [0.15, 0.2) is 46.0 Å². The number of carbonyl (C=O) groups is 1. The number of sulfonamides is 1. The normalized spacial score (nSPS) is 15.2. The molecule has 1 aliphatic rings. The van der Waals surface area contributed by atoms with E-state index in [1.165, 1.54) is 31.2 Å². The Morgan fingerprint density at radius 3 is 2.77 bits per heavy atom. The highest BCUT2D eigenvalue weighted by Gasteiger charge is 2.17. The van der Waals surface area contributed by atoms with Crippen molar-refractivity contribution in [2.24, 2.45) is 0 Å². The summed E-state index contributed by atoms with van der Waals surface area (Å²) in [5.41, 5.74) is 0.792. The van der Waals surface area contributed by atoms with Crippen LogP contribution in [0.5, 0.6) is 0 Å². The van der Waals surface area contributed by atoms with Gasteiger partial charge in [-0.1, -0.05) is 11.2 Å². The predicted molar refractivity (Wildman–Crippen MR) is 95.0 cm³/mol. The Labute approximate surface area is 152 Å². The molecule has 8 nitrogen and oxygen atoms in total. The lowest BCUT2D eigenvalue weighted by molar-refractivity contribution is 0.0949. The highest BCUT2D eigenvalue weighted by Crippen LogP contribution is 2.12. The molecule has 1 amide bonds. The summed E-state index contributed by atoms with van der Waals surface area (Å²) in [5.74, 6) is -0.280. The topological polar surface area (TPSA) is 105 Å². The van der Waals surface area contributed by atoms with E-state index in [9.17, 15) is 13.2 Å². The molecule has 3 rings (SSSR count). The average Bonchev–Trinajstić information content (AvgIpc) is 3.34. The van der Waals surface area contributed by atoms with Crippen molar-refractivity contribution < 1.29 is 17.7 Å². The molecule has 2 aromatic rings. The van der Waals surface area contributed by atoms with Crippen molar-refractivity contribution in [3.63, 3.8) is 0 Å². The number of rotatable bonds is 8. The monoisotopic (exact) mass is 378 g/mol. The number of amides is 1. The maximum atomic E-state index is 12.4. The fraction of sp³-hybridized carbons (Fsp3) is 0.412. The van der Waals surface area contributed by atoms with Crippen molar-refractivity contribution in [3.05, 3.63) is 47.9 Å². The summed E-state index contributed by atoms with van der Waals surface area (Å²) < 4.78 is 31.9. The van der Waals surface area contributed by atoms with E-state index in [-0.39, 0.29) is 17.3 Å². The molecule has 0 atom stereocenters. The Morgan fingerprint density at radius 1 is 1.23 bits per heavy atom. The second kappa shape index (κ2) is 8.43. The first-order chi connectivity index (χ1) is 12.5. The van der Waals surface area contributed by atoms with Gasteiger partial charge in [-0.05, 0) is 44.1 Å². The van der Waals surface area contributed by atoms with Crippen LogP contribution >= 0.6 is 0 Å². The SMILES string of the molecule is O=C(NCCN1CCCC1)c1cccc(S(=O)(=O)NCc2ccon2)c1. The zero-order valence-electron chi connectivity index (χ0n) is 14.3. The number of hydrogen-bond acceptors (Lipinski definition) is 6. The van der Waals surface area contributed by atoms with E-state index in [1.807, 2.05) is 0 Å². The third kappa shape index (κ3) is 4.90. The number of nitrogens with one attached hydrogen (secondary N) is 2. The molecule has 2 N–H and O–H groups in total. The Balaban J connectivity index is 1.58. The van der Waals surface area contributed by atoms with Gasteiger partial charge in [0.1, 0.15) is 6.26 Å². The molecule has 1 aliphatic heterocycles. The second-order valence-electron chi connectivity index (χ2n) is 6.15. The summed E-state index contributed by atoms with van der Waals surface area (Å²) in [6.07, 6.45) is 3.78. The van der Waals surface area contributed by atoms with E-state index < -0.39 is 10.0 Å². The van der Waals surface area contributed by atoms with Crippen LogP contribution in [0, 0.1) is 0 Å². The second-order valence-corrected chi connectivity index (χ2v) is 7.91. The van der Waals surface area contributed by atoms with Gasteiger partial charge in [0, 0.05) is 24.7 Å². The first kappa shape index (κ1) is 18.6.